The Morgan fingerprint density at radius 1 is 1.47 bits per heavy atom. The van der Waals surface area contributed by atoms with E-state index in [-0.39, 0.29) is 30.0 Å². The fourth-order valence-corrected chi connectivity index (χ4v) is 2.08. The first-order chi connectivity index (χ1) is 8.91. The topological polar surface area (TPSA) is 89.3 Å². The Morgan fingerprint density at radius 3 is 2.74 bits per heavy atom. The normalized spacial score (nSPS) is 22.1. The first kappa shape index (κ1) is 14.0. The van der Waals surface area contributed by atoms with Gasteiger partial charge in [-0.15, -0.1) is 0 Å². The van der Waals surface area contributed by atoms with Crippen LogP contribution in [0.3, 0.4) is 0 Å². The van der Waals surface area contributed by atoms with Crippen LogP contribution in [0.15, 0.2) is 4.52 Å². The zero-order chi connectivity index (χ0) is 14.0. The van der Waals surface area contributed by atoms with Gasteiger partial charge in [0.05, 0.1) is 6.54 Å². The minimum absolute atomic E-state index is 0.0274. The van der Waals surface area contributed by atoms with Crippen LogP contribution >= 0.6 is 0 Å². The highest BCUT2D eigenvalue weighted by molar-refractivity contribution is 5.78. The molecule has 1 aromatic rings. The third-order valence-corrected chi connectivity index (χ3v) is 3.02. The number of amides is 1. The Kier molecular flexibility index (Phi) is 3.86. The van der Waals surface area contributed by atoms with Gasteiger partial charge in [-0.3, -0.25) is 10.1 Å². The molecule has 0 spiro atoms. The van der Waals surface area contributed by atoms with Crippen molar-refractivity contribution in [3.05, 3.63) is 11.7 Å². The van der Waals surface area contributed by atoms with Crippen LogP contribution in [0.25, 0.3) is 0 Å². The molecule has 2 unspecified atom stereocenters. The molecule has 1 saturated heterocycles. The molecule has 2 N–H and O–H groups in total. The number of carbonyl (C=O) groups is 1. The molecule has 1 aliphatic heterocycles. The first-order valence-electron chi connectivity index (χ1n) is 6.28. The minimum Gasteiger partial charge on any atom is -0.373 e. The molecule has 7 heteroatoms. The summed E-state index contributed by atoms with van der Waals surface area (Å²) in [7, 11) is 1.63. The Balaban J connectivity index is 2.12. The fourth-order valence-electron chi connectivity index (χ4n) is 2.08. The van der Waals surface area contributed by atoms with Gasteiger partial charge in [-0.25, -0.2) is 0 Å². The van der Waals surface area contributed by atoms with Crippen LogP contribution in [-0.2, 0) is 9.53 Å². The summed E-state index contributed by atoms with van der Waals surface area (Å²) in [6.45, 7) is 6.87. The molecule has 2 atom stereocenters. The standard InChI is InChI=1S/C12H20N4O3/c1-12(2,3)9(18-4)10-15-11(19-16-10)7-5-14-8(17)6-13-7/h7,9,13H,5-6H2,1-4H3,(H,14,17). The molecule has 7 nitrogen and oxygen atoms in total. The maximum Gasteiger partial charge on any atom is 0.245 e. The van der Waals surface area contributed by atoms with Crippen LogP contribution in [-0.4, -0.2) is 36.2 Å². The third kappa shape index (κ3) is 3.10. The number of hydrogen-bond donors (Lipinski definition) is 2. The second-order valence-electron chi connectivity index (χ2n) is 5.71. The number of nitrogens with one attached hydrogen (secondary N) is 2. The van der Waals surface area contributed by atoms with Gasteiger partial charge >= 0.3 is 0 Å². The van der Waals surface area contributed by atoms with Crippen LogP contribution in [0.1, 0.15) is 44.6 Å². The Hall–Kier alpha value is -1.47. The van der Waals surface area contributed by atoms with E-state index < -0.39 is 0 Å². The highest BCUT2D eigenvalue weighted by atomic mass is 16.5. The van der Waals surface area contributed by atoms with E-state index in [0.29, 0.717) is 18.3 Å². The van der Waals surface area contributed by atoms with Crippen molar-refractivity contribution in [3.63, 3.8) is 0 Å². The van der Waals surface area contributed by atoms with Gasteiger partial charge < -0.3 is 14.6 Å². The third-order valence-electron chi connectivity index (χ3n) is 3.02. The Bertz CT molecular complexity index is 442. The molecule has 0 saturated carbocycles. The van der Waals surface area contributed by atoms with E-state index in [1.165, 1.54) is 0 Å². The quantitative estimate of drug-likeness (QED) is 0.832. The largest absolute Gasteiger partial charge is 0.373 e. The summed E-state index contributed by atoms with van der Waals surface area (Å²) in [6, 6.07) is -0.142. The number of methoxy groups -OCH3 is 1. The molecule has 19 heavy (non-hydrogen) atoms. The van der Waals surface area contributed by atoms with E-state index in [1.54, 1.807) is 7.11 Å². The van der Waals surface area contributed by atoms with Crippen molar-refractivity contribution in [1.82, 2.24) is 20.8 Å². The van der Waals surface area contributed by atoms with Crippen LogP contribution in [0, 0.1) is 5.41 Å². The summed E-state index contributed by atoms with van der Waals surface area (Å²) in [5, 5.41) is 9.78. The summed E-state index contributed by atoms with van der Waals surface area (Å²) in [5.74, 6) is 0.977. The SMILES string of the molecule is COC(c1noc(C2CNC(=O)CN2)n1)C(C)(C)C. The van der Waals surface area contributed by atoms with Gasteiger partial charge in [0.2, 0.25) is 17.6 Å². The lowest BCUT2D eigenvalue weighted by Gasteiger charge is -2.26. The molecule has 0 aromatic carbocycles. The van der Waals surface area contributed by atoms with E-state index in [1.807, 2.05) is 0 Å². The fraction of sp³-hybridized carbons (Fsp3) is 0.750. The molecule has 1 amide bonds. The van der Waals surface area contributed by atoms with Gasteiger partial charge in [-0.1, -0.05) is 25.9 Å². The van der Waals surface area contributed by atoms with Crippen molar-refractivity contribution in [2.24, 2.45) is 5.41 Å². The zero-order valence-corrected chi connectivity index (χ0v) is 11.7. The van der Waals surface area contributed by atoms with Crippen molar-refractivity contribution in [1.29, 1.82) is 0 Å². The molecule has 0 radical (unpaired) electrons. The maximum atomic E-state index is 11.1. The summed E-state index contributed by atoms with van der Waals surface area (Å²) in [6.07, 6.45) is -0.233. The van der Waals surface area contributed by atoms with Gasteiger partial charge in [0, 0.05) is 13.7 Å². The number of carbonyl (C=O) groups excluding carboxylic acids is 1. The molecular weight excluding hydrogens is 248 g/mol. The van der Waals surface area contributed by atoms with E-state index in [2.05, 4.69) is 41.5 Å². The van der Waals surface area contributed by atoms with E-state index >= 15 is 0 Å². The number of hydrogen-bond acceptors (Lipinski definition) is 6. The van der Waals surface area contributed by atoms with Crippen LogP contribution in [0.5, 0.6) is 0 Å². The number of ether oxygens (including phenoxy) is 1. The number of aromatic nitrogens is 2. The predicted octanol–water partition coefficient (Wildman–Crippen LogP) is 0.564. The van der Waals surface area contributed by atoms with Crippen molar-refractivity contribution in [2.75, 3.05) is 20.2 Å². The summed E-state index contributed by atoms with van der Waals surface area (Å²) >= 11 is 0. The molecule has 1 aliphatic rings. The second-order valence-corrected chi connectivity index (χ2v) is 5.71. The van der Waals surface area contributed by atoms with Crippen LogP contribution in [0.4, 0.5) is 0 Å². The monoisotopic (exact) mass is 268 g/mol. The lowest BCUT2D eigenvalue weighted by Crippen LogP contribution is -2.47. The van der Waals surface area contributed by atoms with Gasteiger partial charge in [0.25, 0.3) is 0 Å². The molecule has 0 aliphatic carbocycles. The lowest BCUT2D eigenvalue weighted by atomic mass is 9.88. The molecular formula is C12H20N4O3. The molecule has 2 rings (SSSR count). The summed E-state index contributed by atoms with van der Waals surface area (Å²) < 4.78 is 10.7. The first-order valence-corrected chi connectivity index (χ1v) is 6.28. The van der Waals surface area contributed by atoms with Crippen molar-refractivity contribution >= 4 is 5.91 Å². The van der Waals surface area contributed by atoms with Gasteiger partial charge in [0.15, 0.2) is 0 Å². The average molecular weight is 268 g/mol. The zero-order valence-electron chi connectivity index (χ0n) is 11.7. The highest BCUT2D eigenvalue weighted by Crippen LogP contribution is 2.34. The smallest absolute Gasteiger partial charge is 0.245 e. The van der Waals surface area contributed by atoms with E-state index in [9.17, 15) is 4.79 Å². The Labute approximate surface area is 112 Å². The molecule has 0 bridgehead atoms. The van der Waals surface area contributed by atoms with Crippen molar-refractivity contribution in [2.45, 2.75) is 32.9 Å². The number of rotatable bonds is 3. The lowest BCUT2D eigenvalue weighted by molar-refractivity contribution is -0.121. The Morgan fingerprint density at radius 2 is 2.21 bits per heavy atom. The van der Waals surface area contributed by atoms with Crippen molar-refractivity contribution < 1.29 is 14.1 Å². The molecule has 106 valence electrons. The van der Waals surface area contributed by atoms with Crippen LogP contribution in [0.2, 0.25) is 0 Å². The summed E-state index contributed by atoms with van der Waals surface area (Å²) in [4.78, 5) is 15.5. The van der Waals surface area contributed by atoms with Gasteiger partial charge in [-0.05, 0) is 5.41 Å². The van der Waals surface area contributed by atoms with Crippen molar-refractivity contribution in [3.8, 4) is 0 Å². The predicted molar refractivity (Wildman–Crippen MR) is 67.3 cm³/mol. The van der Waals surface area contributed by atoms with E-state index in [0.717, 1.165) is 0 Å². The van der Waals surface area contributed by atoms with Gasteiger partial charge in [-0.2, -0.15) is 4.98 Å². The number of piperazine rings is 1. The summed E-state index contributed by atoms with van der Waals surface area (Å²) in [5.41, 5.74) is -0.121. The minimum atomic E-state index is -0.233. The average Bonchev–Trinajstić information content (AvgIpc) is 2.78. The maximum absolute atomic E-state index is 11.1. The second kappa shape index (κ2) is 5.26. The highest BCUT2D eigenvalue weighted by Gasteiger charge is 2.32. The van der Waals surface area contributed by atoms with Gasteiger partial charge in [0.1, 0.15) is 12.1 Å². The molecule has 2 heterocycles. The van der Waals surface area contributed by atoms with Crippen LogP contribution < -0.4 is 10.6 Å². The molecule has 1 fully saturated rings. The molecule has 1 aromatic heterocycles. The van der Waals surface area contributed by atoms with E-state index in [4.69, 9.17) is 9.26 Å². The number of nitrogens with zero attached hydrogens (tertiary/aromatic N) is 2.